The molecule has 0 saturated carbocycles. The van der Waals surface area contributed by atoms with E-state index in [1.165, 1.54) is 0 Å². The summed E-state index contributed by atoms with van der Waals surface area (Å²) in [5.41, 5.74) is 1.69. The van der Waals surface area contributed by atoms with Crippen LogP contribution in [0.5, 0.6) is 5.75 Å². The predicted molar refractivity (Wildman–Crippen MR) is 102 cm³/mol. The van der Waals surface area contributed by atoms with Crippen LogP contribution in [0.1, 0.15) is 18.4 Å². The van der Waals surface area contributed by atoms with Crippen molar-refractivity contribution in [2.45, 2.75) is 12.8 Å². The van der Waals surface area contributed by atoms with E-state index in [-0.39, 0.29) is 30.2 Å². The molecule has 3 N–H and O–H groups in total. The van der Waals surface area contributed by atoms with Gasteiger partial charge < -0.3 is 20.7 Å². The van der Waals surface area contributed by atoms with Gasteiger partial charge in [-0.15, -0.1) is 0 Å². The number of aryl methyl sites for hydroxylation is 1. The zero-order valence-corrected chi connectivity index (χ0v) is 15.6. The van der Waals surface area contributed by atoms with Gasteiger partial charge in [0.15, 0.2) is 0 Å². The first-order valence-corrected chi connectivity index (χ1v) is 9.06. The smallest absolute Gasteiger partial charge is 0.243 e. The molecule has 1 aliphatic heterocycles. The van der Waals surface area contributed by atoms with Gasteiger partial charge in [-0.3, -0.25) is 14.3 Å². The number of carbonyl (C=O) groups is 2. The summed E-state index contributed by atoms with van der Waals surface area (Å²) in [4.78, 5) is 24.6. The molecule has 0 spiro atoms. The number of nitrogens with zero attached hydrogens (tertiary/aromatic N) is 2. The van der Waals surface area contributed by atoms with E-state index < -0.39 is 0 Å². The molecule has 1 fully saturated rings. The van der Waals surface area contributed by atoms with Gasteiger partial charge in [-0.2, -0.15) is 5.10 Å². The number of benzene rings is 1. The molecule has 2 aromatic rings. The standard InChI is InChI=1S/C19H25N5O3/c1-3-27-15-6-4-14(5-7-15)23-18(25)11-21-19(26)17-10-20-9-16(17)13-8-22-24(2)12-13/h4-8,12,16-17,20H,3,9-11H2,1-2H3,(H,21,26)(H,23,25)/t16-,17+/m1/s1. The molecule has 2 heterocycles. The average molecular weight is 371 g/mol. The van der Waals surface area contributed by atoms with Crippen LogP contribution in [-0.2, 0) is 16.6 Å². The molecule has 1 aromatic carbocycles. The molecule has 2 amide bonds. The first-order valence-electron chi connectivity index (χ1n) is 9.06. The summed E-state index contributed by atoms with van der Waals surface area (Å²) in [6, 6.07) is 7.12. The predicted octanol–water partition coefficient (Wildman–Crippen LogP) is 0.877. The Balaban J connectivity index is 1.50. The van der Waals surface area contributed by atoms with E-state index in [0.29, 0.717) is 18.8 Å². The van der Waals surface area contributed by atoms with Gasteiger partial charge in [0.2, 0.25) is 11.8 Å². The number of anilines is 1. The minimum Gasteiger partial charge on any atom is -0.494 e. The Kier molecular flexibility index (Phi) is 6.08. The van der Waals surface area contributed by atoms with Crippen molar-refractivity contribution in [2.75, 3.05) is 31.6 Å². The largest absolute Gasteiger partial charge is 0.494 e. The third kappa shape index (κ3) is 4.85. The van der Waals surface area contributed by atoms with Crippen LogP contribution in [-0.4, -0.2) is 47.8 Å². The van der Waals surface area contributed by atoms with Gasteiger partial charge in [0.25, 0.3) is 0 Å². The van der Waals surface area contributed by atoms with Gasteiger partial charge in [-0.25, -0.2) is 0 Å². The van der Waals surface area contributed by atoms with E-state index >= 15 is 0 Å². The van der Waals surface area contributed by atoms with Crippen LogP contribution >= 0.6 is 0 Å². The number of nitrogens with one attached hydrogen (secondary N) is 3. The molecule has 2 atom stereocenters. The highest BCUT2D eigenvalue weighted by atomic mass is 16.5. The van der Waals surface area contributed by atoms with Crippen LogP contribution in [0.3, 0.4) is 0 Å². The summed E-state index contributed by atoms with van der Waals surface area (Å²) < 4.78 is 7.10. The van der Waals surface area contributed by atoms with Gasteiger partial charge in [0.1, 0.15) is 5.75 Å². The summed E-state index contributed by atoms with van der Waals surface area (Å²) in [7, 11) is 1.85. The fourth-order valence-electron chi connectivity index (χ4n) is 3.24. The van der Waals surface area contributed by atoms with Crippen molar-refractivity contribution in [1.82, 2.24) is 20.4 Å². The monoisotopic (exact) mass is 371 g/mol. The fraction of sp³-hybridized carbons (Fsp3) is 0.421. The molecular weight excluding hydrogens is 346 g/mol. The average Bonchev–Trinajstić information content (AvgIpc) is 3.30. The van der Waals surface area contributed by atoms with E-state index in [1.807, 2.05) is 20.2 Å². The Hall–Kier alpha value is -2.87. The molecule has 8 nitrogen and oxygen atoms in total. The molecule has 8 heteroatoms. The first-order chi connectivity index (χ1) is 13.1. The topological polar surface area (TPSA) is 97.3 Å². The molecule has 0 unspecified atom stereocenters. The van der Waals surface area contributed by atoms with E-state index in [2.05, 4.69) is 21.0 Å². The van der Waals surface area contributed by atoms with Crippen molar-refractivity contribution < 1.29 is 14.3 Å². The number of carbonyl (C=O) groups excluding carboxylic acids is 2. The first kappa shape index (κ1) is 18.9. The summed E-state index contributed by atoms with van der Waals surface area (Å²) >= 11 is 0. The van der Waals surface area contributed by atoms with Crippen molar-refractivity contribution >= 4 is 17.5 Å². The maximum Gasteiger partial charge on any atom is 0.243 e. The summed E-state index contributed by atoms with van der Waals surface area (Å²) in [5, 5.41) is 12.9. The number of aromatic nitrogens is 2. The Morgan fingerprint density at radius 3 is 2.74 bits per heavy atom. The Morgan fingerprint density at radius 2 is 2.07 bits per heavy atom. The maximum atomic E-state index is 12.5. The molecular formula is C19H25N5O3. The lowest BCUT2D eigenvalue weighted by Crippen LogP contribution is -2.39. The lowest BCUT2D eigenvalue weighted by molar-refractivity contribution is -0.127. The highest BCUT2D eigenvalue weighted by Crippen LogP contribution is 2.27. The van der Waals surface area contributed by atoms with Gasteiger partial charge >= 0.3 is 0 Å². The molecule has 1 aliphatic rings. The van der Waals surface area contributed by atoms with E-state index in [4.69, 9.17) is 4.74 Å². The summed E-state index contributed by atoms with van der Waals surface area (Å²) in [6.45, 7) is 3.75. The molecule has 1 aromatic heterocycles. The van der Waals surface area contributed by atoms with Gasteiger partial charge in [0, 0.05) is 37.9 Å². The SMILES string of the molecule is CCOc1ccc(NC(=O)CNC(=O)[C@H]2CNC[C@@H]2c2cnn(C)c2)cc1. The molecule has 1 saturated heterocycles. The highest BCUT2D eigenvalue weighted by Gasteiger charge is 2.34. The van der Waals surface area contributed by atoms with Gasteiger partial charge in [-0.05, 0) is 36.8 Å². The Bertz CT molecular complexity index is 787. The van der Waals surface area contributed by atoms with Crippen LogP contribution in [0.4, 0.5) is 5.69 Å². The number of rotatable bonds is 7. The second-order valence-electron chi connectivity index (χ2n) is 6.54. The van der Waals surface area contributed by atoms with Crippen molar-refractivity contribution in [1.29, 1.82) is 0 Å². The number of ether oxygens (including phenoxy) is 1. The highest BCUT2D eigenvalue weighted by molar-refractivity contribution is 5.95. The van der Waals surface area contributed by atoms with Crippen LogP contribution < -0.4 is 20.7 Å². The lowest BCUT2D eigenvalue weighted by Gasteiger charge is -2.17. The second-order valence-corrected chi connectivity index (χ2v) is 6.54. The molecule has 3 rings (SSSR count). The number of amides is 2. The third-order valence-corrected chi connectivity index (χ3v) is 4.58. The van der Waals surface area contributed by atoms with Gasteiger partial charge in [-0.1, -0.05) is 0 Å². The maximum absolute atomic E-state index is 12.5. The molecule has 0 bridgehead atoms. The van der Waals surface area contributed by atoms with E-state index in [0.717, 1.165) is 17.9 Å². The van der Waals surface area contributed by atoms with Crippen molar-refractivity contribution in [2.24, 2.45) is 13.0 Å². The van der Waals surface area contributed by atoms with Crippen molar-refractivity contribution in [3.63, 3.8) is 0 Å². The van der Waals surface area contributed by atoms with Crippen molar-refractivity contribution in [3.05, 3.63) is 42.2 Å². The zero-order chi connectivity index (χ0) is 19.2. The van der Waals surface area contributed by atoms with Crippen molar-refractivity contribution in [3.8, 4) is 5.75 Å². The molecule has 0 radical (unpaired) electrons. The fourth-order valence-corrected chi connectivity index (χ4v) is 3.24. The number of hydrogen-bond donors (Lipinski definition) is 3. The van der Waals surface area contributed by atoms with Crippen LogP contribution in [0.2, 0.25) is 0 Å². The van der Waals surface area contributed by atoms with Crippen LogP contribution in [0.15, 0.2) is 36.7 Å². The van der Waals surface area contributed by atoms with E-state index in [1.54, 1.807) is 35.1 Å². The molecule has 0 aliphatic carbocycles. The minimum absolute atomic E-state index is 0.0628. The third-order valence-electron chi connectivity index (χ3n) is 4.58. The minimum atomic E-state index is -0.267. The lowest BCUT2D eigenvalue weighted by atomic mass is 9.90. The second kappa shape index (κ2) is 8.68. The van der Waals surface area contributed by atoms with Gasteiger partial charge in [0.05, 0.1) is 25.3 Å². The van der Waals surface area contributed by atoms with Crippen LogP contribution in [0, 0.1) is 5.92 Å². The molecule has 27 heavy (non-hydrogen) atoms. The quantitative estimate of drug-likeness (QED) is 0.671. The summed E-state index contributed by atoms with van der Waals surface area (Å²) in [6.07, 6.45) is 3.72. The molecule has 144 valence electrons. The van der Waals surface area contributed by atoms with E-state index in [9.17, 15) is 9.59 Å². The Morgan fingerprint density at radius 1 is 1.30 bits per heavy atom. The normalized spacial score (nSPS) is 18.9. The zero-order valence-electron chi connectivity index (χ0n) is 15.6. The van der Waals surface area contributed by atoms with Crippen LogP contribution in [0.25, 0.3) is 0 Å². The number of hydrogen-bond acceptors (Lipinski definition) is 5. The summed E-state index contributed by atoms with van der Waals surface area (Å²) in [5.74, 6) is 0.200. The Labute approximate surface area is 158 Å².